The number of likely N-dealkylation sites (N-methyl/N-ethyl adjacent to an activating group) is 1. The zero-order chi connectivity index (χ0) is 26.4. The molecular weight excluding hydrogens is 468 g/mol. The molecule has 1 aliphatic rings. The van der Waals surface area contributed by atoms with Crippen LogP contribution in [0, 0.1) is 0 Å². The van der Waals surface area contributed by atoms with Gasteiger partial charge in [-0.3, -0.25) is 9.59 Å². The van der Waals surface area contributed by atoms with Crippen LogP contribution in [-0.2, 0) is 9.59 Å². The summed E-state index contributed by atoms with van der Waals surface area (Å²) < 4.78 is 0. The number of aromatic nitrogens is 2. The second kappa shape index (κ2) is 11.8. The van der Waals surface area contributed by atoms with Crippen molar-refractivity contribution in [3.63, 3.8) is 0 Å². The molecule has 4 N–H and O–H groups in total. The lowest BCUT2D eigenvalue weighted by molar-refractivity contribution is -0.132. The molecule has 2 heterocycles. The van der Waals surface area contributed by atoms with E-state index in [1.807, 2.05) is 66.4 Å². The van der Waals surface area contributed by atoms with Crippen molar-refractivity contribution in [2.75, 3.05) is 62.4 Å². The van der Waals surface area contributed by atoms with Crippen molar-refractivity contribution < 1.29 is 9.59 Å². The van der Waals surface area contributed by atoms with Crippen LogP contribution in [0.4, 0.5) is 23.0 Å². The molecular formula is C27H34N8O2. The summed E-state index contributed by atoms with van der Waals surface area (Å²) in [5.41, 5.74) is 9.96. The van der Waals surface area contributed by atoms with E-state index >= 15 is 0 Å². The van der Waals surface area contributed by atoms with Crippen molar-refractivity contribution in [3.05, 3.63) is 60.8 Å². The van der Waals surface area contributed by atoms with Gasteiger partial charge in [0.1, 0.15) is 0 Å². The monoisotopic (exact) mass is 502 g/mol. The average molecular weight is 503 g/mol. The Morgan fingerprint density at radius 2 is 1.62 bits per heavy atom. The molecule has 0 spiro atoms. The number of amides is 2. The minimum atomic E-state index is -0.571. The molecule has 1 unspecified atom stereocenters. The minimum Gasteiger partial charge on any atom is -0.368 e. The van der Waals surface area contributed by atoms with Crippen LogP contribution in [-0.4, -0.2) is 84.4 Å². The maximum absolute atomic E-state index is 12.3. The van der Waals surface area contributed by atoms with Crippen molar-refractivity contribution in [2.45, 2.75) is 13.0 Å². The van der Waals surface area contributed by atoms with E-state index in [2.05, 4.69) is 37.6 Å². The Labute approximate surface area is 217 Å². The number of nitrogens with one attached hydrogen (secondary N) is 2. The first-order valence-corrected chi connectivity index (χ1v) is 12.3. The highest BCUT2D eigenvalue weighted by Gasteiger charge is 2.21. The first-order valence-electron chi connectivity index (χ1n) is 12.3. The van der Waals surface area contributed by atoms with Crippen LogP contribution in [0.15, 0.2) is 60.8 Å². The van der Waals surface area contributed by atoms with E-state index in [9.17, 15) is 9.59 Å². The molecule has 37 heavy (non-hydrogen) atoms. The highest BCUT2D eigenvalue weighted by Crippen LogP contribution is 2.24. The lowest BCUT2D eigenvalue weighted by Crippen LogP contribution is -2.50. The number of hydrogen-bond donors (Lipinski definition) is 3. The van der Waals surface area contributed by atoms with Gasteiger partial charge in [0, 0.05) is 55.0 Å². The van der Waals surface area contributed by atoms with Gasteiger partial charge in [0.05, 0.1) is 18.3 Å². The normalized spacial score (nSPS) is 14.4. The summed E-state index contributed by atoms with van der Waals surface area (Å²) in [5, 5.41) is 6.04. The maximum Gasteiger partial charge on any atom is 0.240 e. The third-order valence-corrected chi connectivity index (χ3v) is 6.09. The van der Waals surface area contributed by atoms with Gasteiger partial charge < -0.3 is 31.1 Å². The number of rotatable bonds is 8. The zero-order valence-corrected chi connectivity index (χ0v) is 21.5. The fraction of sp³-hybridized carbons (Fsp3) is 0.333. The fourth-order valence-corrected chi connectivity index (χ4v) is 4.03. The molecule has 1 aliphatic heterocycles. The number of carbonyl (C=O) groups is 2. The molecule has 1 fully saturated rings. The summed E-state index contributed by atoms with van der Waals surface area (Å²) in [5.74, 6) is 0.438. The van der Waals surface area contributed by atoms with E-state index in [0.717, 1.165) is 48.8 Å². The molecule has 1 saturated heterocycles. The Bertz CT molecular complexity index is 1200. The van der Waals surface area contributed by atoms with Crippen molar-refractivity contribution in [3.8, 4) is 11.3 Å². The number of anilines is 4. The number of nitrogens with zero attached hydrogens (tertiary/aromatic N) is 5. The average Bonchev–Trinajstić information content (AvgIpc) is 2.89. The molecule has 2 aromatic carbocycles. The molecule has 1 atom stereocenters. The summed E-state index contributed by atoms with van der Waals surface area (Å²) in [6, 6.07) is 16.8. The Morgan fingerprint density at radius 1 is 0.973 bits per heavy atom. The Morgan fingerprint density at radius 3 is 2.24 bits per heavy atom. The van der Waals surface area contributed by atoms with Gasteiger partial charge in [-0.15, -0.1) is 0 Å². The van der Waals surface area contributed by atoms with E-state index < -0.39 is 6.04 Å². The first kappa shape index (κ1) is 26.1. The third-order valence-electron chi connectivity index (χ3n) is 6.09. The zero-order valence-electron chi connectivity index (χ0n) is 21.5. The van der Waals surface area contributed by atoms with Gasteiger partial charge >= 0.3 is 0 Å². The van der Waals surface area contributed by atoms with Crippen molar-refractivity contribution in [1.82, 2.24) is 19.8 Å². The van der Waals surface area contributed by atoms with Crippen molar-refractivity contribution >= 4 is 34.8 Å². The minimum absolute atomic E-state index is 0.176. The number of piperazine rings is 1. The van der Waals surface area contributed by atoms with Crippen molar-refractivity contribution in [1.29, 1.82) is 0 Å². The van der Waals surface area contributed by atoms with E-state index in [1.54, 1.807) is 13.1 Å². The lowest BCUT2D eigenvalue weighted by atomic mass is 10.1. The highest BCUT2D eigenvalue weighted by molar-refractivity contribution is 5.94. The predicted octanol–water partition coefficient (Wildman–Crippen LogP) is 2.38. The van der Waals surface area contributed by atoms with Gasteiger partial charge in [-0.2, -0.15) is 0 Å². The van der Waals surface area contributed by atoms with Crippen LogP contribution in [0.1, 0.15) is 6.92 Å². The van der Waals surface area contributed by atoms with Crippen LogP contribution in [0.5, 0.6) is 0 Å². The van der Waals surface area contributed by atoms with Gasteiger partial charge in [-0.25, -0.2) is 9.97 Å². The molecule has 10 heteroatoms. The van der Waals surface area contributed by atoms with E-state index in [0.29, 0.717) is 18.2 Å². The molecule has 194 valence electrons. The quantitative estimate of drug-likeness (QED) is 0.430. The summed E-state index contributed by atoms with van der Waals surface area (Å²) >= 11 is 0. The van der Waals surface area contributed by atoms with Crippen LogP contribution < -0.4 is 21.3 Å². The van der Waals surface area contributed by atoms with Gasteiger partial charge in [-0.1, -0.05) is 12.1 Å². The third kappa shape index (κ3) is 7.02. The van der Waals surface area contributed by atoms with Crippen LogP contribution in [0.3, 0.4) is 0 Å². The second-order valence-corrected chi connectivity index (χ2v) is 9.40. The number of carbonyl (C=O) groups excluding carboxylic acids is 2. The predicted molar refractivity (Wildman–Crippen MR) is 147 cm³/mol. The molecule has 10 nitrogen and oxygen atoms in total. The Balaban J connectivity index is 1.34. The highest BCUT2D eigenvalue weighted by atomic mass is 16.2. The topological polar surface area (TPSA) is 120 Å². The molecule has 0 bridgehead atoms. The first-order chi connectivity index (χ1) is 17.8. The Kier molecular flexibility index (Phi) is 8.32. The van der Waals surface area contributed by atoms with E-state index in [1.165, 1.54) is 0 Å². The Hall–Kier alpha value is -4.02. The van der Waals surface area contributed by atoms with Crippen LogP contribution in [0.2, 0.25) is 0 Å². The largest absolute Gasteiger partial charge is 0.368 e. The van der Waals surface area contributed by atoms with Crippen molar-refractivity contribution in [2.24, 2.45) is 5.73 Å². The summed E-state index contributed by atoms with van der Waals surface area (Å²) in [4.78, 5) is 39.2. The summed E-state index contributed by atoms with van der Waals surface area (Å²) in [6.07, 6.45) is 1.71. The van der Waals surface area contributed by atoms with Gasteiger partial charge in [0.25, 0.3) is 0 Å². The standard InChI is InChI=1S/C27H34N8O2/c1-19(28)26(37)30-21-6-4-20(5-7-21)24-12-13-29-27(32-24)31-22-8-10-23(11-9-22)34-14-16-35(17-15-34)25(36)18-33(2)3/h4-13,19H,14-18,28H2,1-3H3,(H,30,37)(H,29,31,32). The van der Waals surface area contributed by atoms with Gasteiger partial charge in [-0.05, 0) is 63.5 Å². The molecule has 1 aromatic heterocycles. The molecule has 2 amide bonds. The van der Waals surface area contributed by atoms with Crippen LogP contribution >= 0.6 is 0 Å². The van der Waals surface area contributed by atoms with E-state index in [-0.39, 0.29) is 11.8 Å². The molecule has 3 aromatic rings. The molecule has 0 aliphatic carbocycles. The van der Waals surface area contributed by atoms with E-state index in [4.69, 9.17) is 5.73 Å². The summed E-state index contributed by atoms with van der Waals surface area (Å²) in [7, 11) is 3.82. The molecule has 0 saturated carbocycles. The second-order valence-electron chi connectivity index (χ2n) is 9.40. The fourth-order valence-electron chi connectivity index (χ4n) is 4.03. The summed E-state index contributed by atoms with van der Waals surface area (Å²) in [6.45, 7) is 5.17. The number of hydrogen-bond acceptors (Lipinski definition) is 8. The SMILES string of the molecule is CC(N)C(=O)Nc1ccc(-c2ccnc(Nc3ccc(N4CCN(C(=O)CN(C)C)CC4)cc3)n2)cc1. The van der Waals surface area contributed by atoms with Gasteiger partial charge in [0.2, 0.25) is 17.8 Å². The number of benzene rings is 2. The van der Waals surface area contributed by atoms with Crippen LogP contribution in [0.25, 0.3) is 11.3 Å². The maximum atomic E-state index is 12.3. The molecule has 0 radical (unpaired) electrons. The van der Waals surface area contributed by atoms with Gasteiger partial charge in [0.15, 0.2) is 0 Å². The smallest absolute Gasteiger partial charge is 0.240 e. The number of nitrogens with two attached hydrogens (primary N) is 1. The molecule has 4 rings (SSSR count). The lowest BCUT2D eigenvalue weighted by Gasteiger charge is -2.36.